The van der Waals surface area contributed by atoms with Gasteiger partial charge in [0.1, 0.15) is 5.75 Å². The Morgan fingerprint density at radius 2 is 1.59 bits per heavy atom. The molecule has 4 rings (SSSR count). The van der Waals surface area contributed by atoms with Crippen molar-refractivity contribution < 1.29 is 32.2 Å². The van der Waals surface area contributed by atoms with E-state index in [0.717, 1.165) is 11.1 Å². The van der Waals surface area contributed by atoms with Crippen LogP contribution in [0, 0.1) is 0 Å². The van der Waals surface area contributed by atoms with Crippen LogP contribution >= 0.6 is 0 Å². The van der Waals surface area contributed by atoms with Crippen LogP contribution < -0.4 is 4.74 Å². The molecule has 0 aliphatic rings. The second kappa shape index (κ2) is 9.43. The highest BCUT2D eigenvalue weighted by molar-refractivity contribution is 6.43. The number of hydrogen-bond donors (Lipinski definition) is 0. The molecule has 0 fully saturated rings. The van der Waals surface area contributed by atoms with Crippen LogP contribution in [0.1, 0.15) is 22.8 Å². The van der Waals surface area contributed by atoms with Gasteiger partial charge in [-0.05, 0) is 47.9 Å². The Hall–Kier alpha value is -4.07. The molecule has 4 aromatic rings. The highest BCUT2D eigenvalue weighted by atomic mass is 19.4. The quantitative estimate of drug-likeness (QED) is 0.190. The highest BCUT2D eigenvalue weighted by Crippen LogP contribution is 2.31. The summed E-state index contributed by atoms with van der Waals surface area (Å²) in [5.74, 6) is -2.03. The van der Waals surface area contributed by atoms with Gasteiger partial charge in [0.25, 0.3) is 5.78 Å². The number of ether oxygens (including phenoxy) is 2. The standard InChI is InChI=1S/C26H20F3NO4/c1-2-33-25(32)24(31)22-16-30(15-17-6-4-3-5-7-17)23-13-10-19(14-21(22)23)18-8-11-20(12-9-18)34-26(27,28)29/h3-14,16H,2,15H2,1H3. The summed E-state index contributed by atoms with van der Waals surface area (Å²) in [6, 6.07) is 20.4. The van der Waals surface area contributed by atoms with Gasteiger partial charge in [-0.1, -0.05) is 48.5 Å². The molecule has 0 amide bonds. The van der Waals surface area contributed by atoms with Crippen molar-refractivity contribution in [2.24, 2.45) is 0 Å². The molecular formula is C26H20F3NO4. The molecule has 0 unspecified atom stereocenters. The molecule has 34 heavy (non-hydrogen) atoms. The van der Waals surface area contributed by atoms with Gasteiger partial charge in [0.05, 0.1) is 12.2 Å². The summed E-state index contributed by atoms with van der Waals surface area (Å²) in [7, 11) is 0. The number of benzene rings is 3. The van der Waals surface area contributed by atoms with Gasteiger partial charge in [-0.15, -0.1) is 13.2 Å². The second-order valence-electron chi connectivity index (χ2n) is 7.51. The SMILES string of the molecule is CCOC(=O)C(=O)c1cn(Cc2ccccc2)c2ccc(-c3ccc(OC(F)(F)F)cc3)cc12. The van der Waals surface area contributed by atoms with Gasteiger partial charge in [0.2, 0.25) is 0 Å². The van der Waals surface area contributed by atoms with E-state index in [0.29, 0.717) is 23.1 Å². The maximum Gasteiger partial charge on any atom is 0.573 e. The van der Waals surface area contributed by atoms with E-state index in [4.69, 9.17) is 4.74 Å². The molecular weight excluding hydrogens is 447 g/mol. The maximum absolute atomic E-state index is 12.8. The second-order valence-corrected chi connectivity index (χ2v) is 7.51. The molecule has 0 saturated carbocycles. The summed E-state index contributed by atoms with van der Waals surface area (Å²) in [6.45, 7) is 2.18. The first-order chi connectivity index (χ1) is 16.2. The monoisotopic (exact) mass is 467 g/mol. The summed E-state index contributed by atoms with van der Waals surface area (Å²) in [4.78, 5) is 25.0. The number of hydrogen-bond acceptors (Lipinski definition) is 4. The summed E-state index contributed by atoms with van der Waals surface area (Å²) in [6.07, 6.45) is -3.15. The number of halogens is 3. The summed E-state index contributed by atoms with van der Waals surface area (Å²) in [5, 5.41) is 0.544. The van der Waals surface area contributed by atoms with Crippen molar-refractivity contribution >= 4 is 22.7 Å². The van der Waals surface area contributed by atoms with Gasteiger partial charge >= 0.3 is 12.3 Å². The molecule has 0 bridgehead atoms. The lowest BCUT2D eigenvalue weighted by molar-refractivity contribution is -0.274. The third-order valence-electron chi connectivity index (χ3n) is 5.20. The Labute approximate surface area is 193 Å². The lowest BCUT2D eigenvalue weighted by Gasteiger charge is -2.10. The molecule has 0 saturated heterocycles. The number of rotatable bonds is 7. The first kappa shape index (κ1) is 23.1. The number of fused-ring (bicyclic) bond motifs is 1. The number of esters is 1. The Kier molecular flexibility index (Phi) is 6.40. The third kappa shape index (κ3) is 5.11. The van der Waals surface area contributed by atoms with Crippen LogP contribution in [0.4, 0.5) is 13.2 Å². The van der Waals surface area contributed by atoms with Gasteiger partial charge in [0, 0.05) is 23.6 Å². The van der Waals surface area contributed by atoms with Crippen LogP contribution in [0.3, 0.4) is 0 Å². The van der Waals surface area contributed by atoms with E-state index in [9.17, 15) is 22.8 Å². The average Bonchev–Trinajstić information content (AvgIpc) is 3.16. The first-order valence-electron chi connectivity index (χ1n) is 10.5. The largest absolute Gasteiger partial charge is 0.573 e. The predicted octanol–water partition coefficient (Wildman–Crippen LogP) is 6.00. The van der Waals surface area contributed by atoms with Gasteiger partial charge < -0.3 is 14.0 Å². The van der Waals surface area contributed by atoms with E-state index in [2.05, 4.69) is 4.74 Å². The molecule has 5 nitrogen and oxygen atoms in total. The van der Waals surface area contributed by atoms with Gasteiger partial charge in [-0.2, -0.15) is 0 Å². The minimum atomic E-state index is -4.77. The molecule has 0 N–H and O–H groups in total. The zero-order valence-corrected chi connectivity index (χ0v) is 18.1. The molecule has 0 aliphatic heterocycles. The molecule has 1 heterocycles. The fraction of sp³-hybridized carbons (Fsp3) is 0.154. The number of nitrogens with zero attached hydrogens (tertiary/aromatic N) is 1. The normalized spacial score (nSPS) is 11.4. The van der Waals surface area contributed by atoms with E-state index >= 15 is 0 Å². The number of carbonyl (C=O) groups is 2. The zero-order valence-electron chi connectivity index (χ0n) is 18.1. The smallest absolute Gasteiger partial charge is 0.460 e. The molecule has 174 valence electrons. The molecule has 0 atom stereocenters. The topological polar surface area (TPSA) is 57.5 Å². The Morgan fingerprint density at radius 1 is 0.912 bits per heavy atom. The van der Waals surface area contributed by atoms with Gasteiger partial charge in [-0.25, -0.2) is 4.79 Å². The average molecular weight is 467 g/mol. The summed E-state index contributed by atoms with van der Waals surface area (Å²) >= 11 is 0. The summed E-state index contributed by atoms with van der Waals surface area (Å²) < 4.78 is 48.0. The van der Waals surface area contributed by atoms with Gasteiger partial charge in [-0.3, -0.25) is 4.79 Å². The minimum Gasteiger partial charge on any atom is -0.460 e. The molecule has 0 radical (unpaired) electrons. The van der Waals surface area contributed by atoms with Crippen molar-refractivity contribution in [3.63, 3.8) is 0 Å². The fourth-order valence-electron chi connectivity index (χ4n) is 3.72. The molecule has 0 aliphatic carbocycles. The predicted molar refractivity (Wildman–Crippen MR) is 121 cm³/mol. The number of aromatic nitrogens is 1. The molecule has 3 aromatic carbocycles. The van der Waals surface area contributed by atoms with E-state index in [1.807, 2.05) is 47.0 Å². The minimum absolute atomic E-state index is 0.0742. The van der Waals surface area contributed by atoms with E-state index in [1.165, 1.54) is 24.3 Å². The van der Waals surface area contributed by atoms with Crippen molar-refractivity contribution in [1.82, 2.24) is 4.57 Å². The molecule has 8 heteroatoms. The fourth-order valence-corrected chi connectivity index (χ4v) is 3.72. The van der Waals surface area contributed by atoms with Crippen LogP contribution in [0.2, 0.25) is 0 Å². The van der Waals surface area contributed by atoms with Crippen LogP contribution in [0.15, 0.2) is 79.0 Å². The van der Waals surface area contributed by atoms with Gasteiger partial charge in [0.15, 0.2) is 0 Å². The number of Topliss-reactive ketones (excluding diaryl/α,β-unsaturated/α-hetero) is 1. The van der Waals surface area contributed by atoms with E-state index < -0.39 is 18.1 Å². The van der Waals surface area contributed by atoms with Crippen LogP contribution in [0.25, 0.3) is 22.0 Å². The Morgan fingerprint density at radius 3 is 2.24 bits per heavy atom. The first-order valence-corrected chi connectivity index (χ1v) is 10.5. The Bertz CT molecular complexity index is 1330. The third-order valence-corrected chi connectivity index (χ3v) is 5.20. The summed E-state index contributed by atoms with van der Waals surface area (Å²) in [5.41, 5.74) is 3.24. The lowest BCUT2D eigenvalue weighted by Crippen LogP contribution is -2.17. The highest BCUT2D eigenvalue weighted by Gasteiger charge is 2.31. The maximum atomic E-state index is 12.8. The van der Waals surface area contributed by atoms with Crippen LogP contribution in [-0.2, 0) is 16.1 Å². The number of ketones is 1. The lowest BCUT2D eigenvalue weighted by atomic mass is 10.0. The zero-order chi connectivity index (χ0) is 24.3. The molecule has 1 aromatic heterocycles. The number of carbonyl (C=O) groups excluding carboxylic acids is 2. The van der Waals surface area contributed by atoms with Crippen molar-refractivity contribution in [2.75, 3.05) is 6.61 Å². The molecule has 0 spiro atoms. The van der Waals surface area contributed by atoms with Crippen molar-refractivity contribution in [3.05, 3.63) is 90.1 Å². The number of alkyl halides is 3. The Balaban J connectivity index is 1.75. The van der Waals surface area contributed by atoms with E-state index in [-0.39, 0.29) is 17.9 Å². The van der Waals surface area contributed by atoms with Crippen molar-refractivity contribution in [3.8, 4) is 16.9 Å². The van der Waals surface area contributed by atoms with Crippen molar-refractivity contribution in [1.29, 1.82) is 0 Å². The van der Waals surface area contributed by atoms with Crippen LogP contribution in [-0.4, -0.2) is 29.3 Å². The van der Waals surface area contributed by atoms with Crippen LogP contribution in [0.5, 0.6) is 5.75 Å². The van der Waals surface area contributed by atoms with E-state index in [1.54, 1.807) is 19.2 Å². The van der Waals surface area contributed by atoms with Crippen molar-refractivity contribution in [2.45, 2.75) is 19.8 Å².